The van der Waals surface area contributed by atoms with E-state index >= 15 is 0 Å². The standard InChI is InChI=1S/C15H21BrN2O2/c16-13-3-1-4-14(9-13)18-15(19)10-17-7-2-8-20-11-12-5-6-12/h1,3-4,9,12,17H,2,5-8,10-11H2,(H,18,19). The number of hydrogen-bond donors (Lipinski definition) is 2. The summed E-state index contributed by atoms with van der Waals surface area (Å²) in [5, 5.41) is 5.97. The van der Waals surface area contributed by atoms with Crippen LogP contribution in [0.5, 0.6) is 0 Å². The van der Waals surface area contributed by atoms with Crippen molar-refractivity contribution in [3.8, 4) is 0 Å². The van der Waals surface area contributed by atoms with Crippen molar-refractivity contribution in [2.24, 2.45) is 5.92 Å². The molecule has 0 aromatic heterocycles. The van der Waals surface area contributed by atoms with E-state index in [9.17, 15) is 4.79 Å². The second-order valence-corrected chi connectivity index (χ2v) is 6.02. The molecule has 0 radical (unpaired) electrons. The van der Waals surface area contributed by atoms with Gasteiger partial charge in [0.25, 0.3) is 0 Å². The lowest BCUT2D eigenvalue weighted by Gasteiger charge is -2.07. The number of benzene rings is 1. The molecule has 1 aromatic carbocycles. The predicted molar refractivity (Wildman–Crippen MR) is 83.8 cm³/mol. The van der Waals surface area contributed by atoms with Gasteiger partial charge in [-0.25, -0.2) is 0 Å². The Hall–Kier alpha value is -0.910. The van der Waals surface area contributed by atoms with Crippen molar-refractivity contribution in [1.29, 1.82) is 0 Å². The van der Waals surface area contributed by atoms with Crippen LogP contribution in [-0.2, 0) is 9.53 Å². The van der Waals surface area contributed by atoms with E-state index in [2.05, 4.69) is 26.6 Å². The van der Waals surface area contributed by atoms with E-state index in [1.165, 1.54) is 12.8 Å². The lowest BCUT2D eigenvalue weighted by molar-refractivity contribution is -0.115. The van der Waals surface area contributed by atoms with Gasteiger partial charge in [0.2, 0.25) is 5.91 Å². The average Bonchev–Trinajstić information content (AvgIpc) is 3.21. The first-order valence-electron chi connectivity index (χ1n) is 7.08. The Bertz CT molecular complexity index is 436. The molecular weight excluding hydrogens is 320 g/mol. The quantitative estimate of drug-likeness (QED) is 0.679. The molecule has 1 aromatic rings. The topological polar surface area (TPSA) is 50.4 Å². The number of nitrogens with one attached hydrogen (secondary N) is 2. The summed E-state index contributed by atoms with van der Waals surface area (Å²) in [7, 11) is 0. The number of anilines is 1. The molecule has 1 amide bonds. The van der Waals surface area contributed by atoms with Crippen LogP contribution in [0.1, 0.15) is 19.3 Å². The summed E-state index contributed by atoms with van der Waals surface area (Å²) in [5.41, 5.74) is 0.805. The zero-order valence-corrected chi connectivity index (χ0v) is 13.1. The number of ether oxygens (including phenoxy) is 1. The molecular formula is C15H21BrN2O2. The smallest absolute Gasteiger partial charge is 0.238 e. The lowest BCUT2D eigenvalue weighted by atomic mass is 10.3. The molecule has 0 spiro atoms. The Morgan fingerprint density at radius 1 is 1.40 bits per heavy atom. The molecule has 5 heteroatoms. The van der Waals surface area contributed by atoms with Crippen LogP contribution in [0.3, 0.4) is 0 Å². The maximum atomic E-state index is 11.7. The minimum Gasteiger partial charge on any atom is -0.381 e. The van der Waals surface area contributed by atoms with Crippen LogP contribution in [0.15, 0.2) is 28.7 Å². The van der Waals surface area contributed by atoms with Crippen LogP contribution in [0.25, 0.3) is 0 Å². The molecule has 2 rings (SSSR count). The normalized spacial score (nSPS) is 14.2. The number of carbonyl (C=O) groups is 1. The Balaban J connectivity index is 1.49. The highest BCUT2D eigenvalue weighted by Gasteiger charge is 2.20. The molecule has 1 saturated carbocycles. The van der Waals surface area contributed by atoms with Gasteiger partial charge >= 0.3 is 0 Å². The first-order chi connectivity index (χ1) is 9.74. The van der Waals surface area contributed by atoms with Crippen molar-refractivity contribution < 1.29 is 9.53 Å². The summed E-state index contributed by atoms with van der Waals surface area (Å²) in [4.78, 5) is 11.7. The van der Waals surface area contributed by atoms with E-state index in [1.807, 2.05) is 24.3 Å². The molecule has 2 N–H and O–H groups in total. The minimum absolute atomic E-state index is 0.0259. The summed E-state index contributed by atoms with van der Waals surface area (Å²) in [6.07, 6.45) is 3.60. The zero-order valence-electron chi connectivity index (χ0n) is 11.5. The van der Waals surface area contributed by atoms with Gasteiger partial charge in [0, 0.05) is 23.4 Å². The van der Waals surface area contributed by atoms with Crippen molar-refractivity contribution >= 4 is 27.5 Å². The third-order valence-corrected chi connectivity index (χ3v) is 3.58. The average molecular weight is 341 g/mol. The zero-order chi connectivity index (χ0) is 14.2. The molecule has 0 atom stereocenters. The number of carbonyl (C=O) groups excluding carboxylic acids is 1. The summed E-state index contributed by atoms with van der Waals surface area (Å²) >= 11 is 3.37. The van der Waals surface area contributed by atoms with Gasteiger partial charge in [-0.1, -0.05) is 22.0 Å². The first-order valence-corrected chi connectivity index (χ1v) is 7.87. The van der Waals surface area contributed by atoms with E-state index in [1.54, 1.807) is 0 Å². The van der Waals surface area contributed by atoms with Crippen LogP contribution < -0.4 is 10.6 Å². The van der Waals surface area contributed by atoms with E-state index in [0.29, 0.717) is 6.54 Å². The fraction of sp³-hybridized carbons (Fsp3) is 0.533. The number of amides is 1. The molecule has 110 valence electrons. The van der Waals surface area contributed by atoms with Crippen LogP contribution in [-0.4, -0.2) is 32.2 Å². The fourth-order valence-corrected chi connectivity index (χ4v) is 2.21. The van der Waals surface area contributed by atoms with Crippen molar-refractivity contribution in [2.45, 2.75) is 19.3 Å². The van der Waals surface area contributed by atoms with Crippen molar-refractivity contribution in [3.63, 3.8) is 0 Å². The van der Waals surface area contributed by atoms with Gasteiger partial charge in [0.05, 0.1) is 6.54 Å². The Labute approximate surface area is 128 Å². The van der Waals surface area contributed by atoms with Crippen molar-refractivity contribution in [1.82, 2.24) is 5.32 Å². The Kier molecular flexibility index (Phi) is 6.50. The van der Waals surface area contributed by atoms with Crippen molar-refractivity contribution in [3.05, 3.63) is 28.7 Å². The lowest BCUT2D eigenvalue weighted by Crippen LogP contribution is -2.29. The van der Waals surface area contributed by atoms with Gasteiger partial charge in [-0.05, 0) is 49.9 Å². The molecule has 0 unspecified atom stereocenters. The Morgan fingerprint density at radius 2 is 2.25 bits per heavy atom. The van der Waals surface area contributed by atoms with Crippen molar-refractivity contribution in [2.75, 3.05) is 31.6 Å². The highest BCUT2D eigenvalue weighted by molar-refractivity contribution is 9.10. The summed E-state index contributed by atoms with van der Waals surface area (Å²) in [5.74, 6) is 0.793. The first kappa shape index (κ1) is 15.5. The molecule has 0 saturated heterocycles. The molecule has 1 fully saturated rings. The maximum Gasteiger partial charge on any atom is 0.238 e. The molecule has 1 aliphatic rings. The van der Waals surface area contributed by atoms with Gasteiger partial charge < -0.3 is 15.4 Å². The summed E-state index contributed by atoms with van der Waals surface area (Å²) < 4.78 is 6.48. The third kappa shape index (κ3) is 6.50. The van der Waals surface area contributed by atoms with Crippen LogP contribution in [0, 0.1) is 5.92 Å². The Morgan fingerprint density at radius 3 is 3.00 bits per heavy atom. The second-order valence-electron chi connectivity index (χ2n) is 5.11. The van der Waals surface area contributed by atoms with Gasteiger partial charge in [0.1, 0.15) is 0 Å². The van der Waals surface area contributed by atoms with Gasteiger partial charge in [0.15, 0.2) is 0 Å². The SMILES string of the molecule is O=C(CNCCCOCC1CC1)Nc1cccc(Br)c1. The maximum absolute atomic E-state index is 11.7. The van der Waals surface area contributed by atoms with Crippen LogP contribution in [0.2, 0.25) is 0 Å². The number of halogens is 1. The fourth-order valence-electron chi connectivity index (χ4n) is 1.81. The van der Waals surface area contributed by atoms with Crippen LogP contribution in [0.4, 0.5) is 5.69 Å². The molecule has 4 nitrogen and oxygen atoms in total. The third-order valence-electron chi connectivity index (χ3n) is 3.09. The monoisotopic (exact) mass is 340 g/mol. The van der Waals surface area contributed by atoms with E-state index in [-0.39, 0.29) is 5.91 Å². The van der Waals surface area contributed by atoms with E-state index in [4.69, 9.17) is 4.74 Å². The number of hydrogen-bond acceptors (Lipinski definition) is 3. The molecule has 20 heavy (non-hydrogen) atoms. The molecule has 0 aliphatic heterocycles. The highest BCUT2D eigenvalue weighted by Crippen LogP contribution is 2.28. The van der Waals surface area contributed by atoms with Gasteiger partial charge in [-0.2, -0.15) is 0 Å². The van der Waals surface area contributed by atoms with Gasteiger partial charge in [-0.3, -0.25) is 4.79 Å². The van der Waals surface area contributed by atoms with Crippen LogP contribution >= 0.6 is 15.9 Å². The minimum atomic E-state index is -0.0259. The predicted octanol–water partition coefficient (Wildman–Crippen LogP) is 2.79. The highest BCUT2D eigenvalue weighted by atomic mass is 79.9. The molecule has 0 bridgehead atoms. The molecule has 1 aliphatic carbocycles. The van der Waals surface area contributed by atoms with Gasteiger partial charge in [-0.15, -0.1) is 0 Å². The second kappa shape index (κ2) is 8.39. The van der Waals surface area contributed by atoms with E-state index in [0.717, 1.165) is 42.3 Å². The molecule has 0 heterocycles. The number of rotatable bonds is 9. The largest absolute Gasteiger partial charge is 0.381 e. The van der Waals surface area contributed by atoms with E-state index < -0.39 is 0 Å². The summed E-state index contributed by atoms with van der Waals surface area (Å²) in [6, 6.07) is 7.57. The summed E-state index contributed by atoms with van der Waals surface area (Å²) in [6.45, 7) is 2.81.